The molecule has 90 valence electrons. The van der Waals surface area contributed by atoms with Crippen molar-refractivity contribution < 1.29 is 0 Å². The fourth-order valence-corrected chi connectivity index (χ4v) is 1.64. The first-order chi connectivity index (χ1) is 7.69. The minimum atomic E-state index is 0.544. The van der Waals surface area contributed by atoms with Crippen LogP contribution in [0.1, 0.15) is 6.92 Å². The lowest BCUT2D eigenvalue weighted by atomic mass is 10.4. The van der Waals surface area contributed by atoms with Crippen molar-refractivity contribution in [3.8, 4) is 0 Å². The number of hydrogen-bond donors (Lipinski definition) is 3. The number of hydrogen-bond acceptors (Lipinski definition) is 7. The van der Waals surface area contributed by atoms with Gasteiger partial charge in [-0.3, -0.25) is 0 Å². The van der Waals surface area contributed by atoms with Gasteiger partial charge in [-0.15, -0.1) is 0 Å². The van der Waals surface area contributed by atoms with Gasteiger partial charge in [0, 0.05) is 17.9 Å². The zero-order valence-electron chi connectivity index (χ0n) is 9.65. The lowest BCUT2D eigenvalue weighted by Crippen LogP contribution is -2.15. The van der Waals surface area contributed by atoms with E-state index in [0.717, 1.165) is 12.4 Å². The molecule has 0 saturated heterocycles. The van der Waals surface area contributed by atoms with E-state index in [1.54, 1.807) is 6.07 Å². The zero-order valence-corrected chi connectivity index (χ0v) is 11.3. The Morgan fingerprint density at radius 1 is 1.38 bits per heavy atom. The smallest absolute Gasteiger partial charge is 0.191 e. The molecule has 1 heterocycles. The molecule has 7 heteroatoms. The monoisotopic (exact) mass is 259 g/mol. The molecule has 0 aromatic carbocycles. The molecule has 1 atom stereocenters. The third kappa shape index (κ3) is 4.07. The quantitative estimate of drug-likeness (QED) is 0.310. The molecule has 0 amide bonds. The van der Waals surface area contributed by atoms with Gasteiger partial charge >= 0.3 is 0 Å². The largest absolute Gasteiger partial charge is 0.369 e. The number of thioether (sulfide) groups is 2. The summed E-state index contributed by atoms with van der Waals surface area (Å²) in [6, 6.07) is 1.80. The van der Waals surface area contributed by atoms with Crippen LogP contribution < -0.4 is 16.6 Å². The van der Waals surface area contributed by atoms with Crippen LogP contribution in [0, 0.1) is 0 Å². The van der Waals surface area contributed by atoms with E-state index < -0.39 is 0 Å². The molecule has 5 nitrogen and oxygen atoms in total. The van der Waals surface area contributed by atoms with E-state index in [1.807, 2.05) is 18.0 Å². The summed E-state index contributed by atoms with van der Waals surface area (Å²) in [5.74, 6) is 6.77. The minimum Gasteiger partial charge on any atom is -0.369 e. The van der Waals surface area contributed by atoms with Crippen molar-refractivity contribution in [3.63, 3.8) is 0 Å². The summed E-state index contributed by atoms with van der Waals surface area (Å²) in [6.45, 7) is 3.03. The lowest BCUT2D eigenvalue weighted by molar-refractivity contribution is 0.935. The molecule has 0 aliphatic rings. The number of nitrogen functional groups attached to an aromatic ring is 1. The van der Waals surface area contributed by atoms with E-state index in [0.29, 0.717) is 16.2 Å². The Balaban J connectivity index is 2.71. The Bertz CT molecular complexity index is 311. The fraction of sp³-hybridized carbons (Fsp3) is 0.556. The van der Waals surface area contributed by atoms with Gasteiger partial charge in [0.1, 0.15) is 11.6 Å². The zero-order chi connectivity index (χ0) is 12.0. The van der Waals surface area contributed by atoms with E-state index in [-0.39, 0.29) is 0 Å². The topological polar surface area (TPSA) is 75.9 Å². The molecular formula is C9H17N5S2. The van der Waals surface area contributed by atoms with Crippen molar-refractivity contribution in [3.05, 3.63) is 6.07 Å². The first-order valence-electron chi connectivity index (χ1n) is 4.86. The van der Waals surface area contributed by atoms with Gasteiger partial charge in [-0.1, -0.05) is 18.7 Å². The van der Waals surface area contributed by atoms with Gasteiger partial charge in [0.2, 0.25) is 0 Å². The number of nitrogens with zero attached hydrogens (tertiary/aromatic N) is 2. The van der Waals surface area contributed by atoms with Gasteiger partial charge in [-0.05, 0) is 12.5 Å². The maximum absolute atomic E-state index is 5.34. The summed E-state index contributed by atoms with van der Waals surface area (Å²) in [5, 5.41) is 4.51. The predicted molar refractivity (Wildman–Crippen MR) is 73.1 cm³/mol. The molecule has 0 fully saturated rings. The van der Waals surface area contributed by atoms with Crippen LogP contribution in [0.2, 0.25) is 0 Å². The molecule has 16 heavy (non-hydrogen) atoms. The highest BCUT2D eigenvalue weighted by Gasteiger charge is 2.04. The van der Waals surface area contributed by atoms with Crippen molar-refractivity contribution in [2.45, 2.75) is 17.3 Å². The van der Waals surface area contributed by atoms with Gasteiger partial charge in [-0.2, -0.15) is 11.8 Å². The van der Waals surface area contributed by atoms with Gasteiger partial charge in [-0.25, -0.2) is 15.8 Å². The van der Waals surface area contributed by atoms with E-state index in [9.17, 15) is 0 Å². The second-order valence-electron chi connectivity index (χ2n) is 3.20. The number of aromatic nitrogens is 2. The molecule has 0 bridgehead atoms. The third-order valence-electron chi connectivity index (χ3n) is 2.01. The Morgan fingerprint density at radius 2 is 2.06 bits per heavy atom. The van der Waals surface area contributed by atoms with Gasteiger partial charge < -0.3 is 10.7 Å². The molecule has 1 unspecified atom stereocenters. The molecular weight excluding hydrogens is 242 g/mol. The molecule has 4 N–H and O–H groups in total. The number of anilines is 2. The van der Waals surface area contributed by atoms with Crippen molar-refractivity contribution in [2.24, 2.45) is 5.84 Å². The summed E-state index contributed by atoms with van der Waals surface area (Å²) < 4.78 is 0. The average molecular weight is 259 g/mol. The van der Waals surface area contributed by atoms with Crippen LogP contribution in [-0.4, -0.2) is 34.3 Å². The molecule has 0 aliphatic heterocycles. The fourth-order valence-electron chi connectivity index (χ4n) is 1.01. The summed E-state index contributed by atoms with van der Waals surface area (Å²) in [6.07, 6.45) is 4.02. The van der Waals surface area contributed by atoms with Crippen molar-refractivity contribution in [1.82, 2.24) is 9.97 Å². The maximum Gasteiger partial charge on any atom is 0.191 e. The Kier molecular flexibility index (Phi) is 5.72. The van der Waals surface area contributed by atoms with Crippen LogP contribution in [0.15, 0.2) is 11.2 Å². The average Bonchev–Trinajstić information content (AvgIpc) is 2.35. The van der Waals surface area contributed by atoms with Gasteiger partial charge in [0.15, 0.2) is 5.16 Å². The molecule has 1 aromatic rings. The third-order valence-corrected chi connectivity index (χ3v) is 3.53. The molecule has 1 rings (SSSR count). The maximum atomic E-state index is 5.34. The van der Waals surface area contributed by atoms with E-state index in [1.165, 1.54) is 11.8 Å². The predicted octanol–water partition coefficient (Wildman–Crippen LogP) is 1.65. The minimum absolute atomic E-state index is 0.544. The highest BCUT2D eigenvalue weighted by molar-refractivity contribution is 7.99. The Labute approximate surface area is 104 Å². The van der Waals surface area contributed by atoms with E-state index in [4.69, 9.17) is 5.84 Å². The van der Waals surface area contributed by atoms with Gasteiger partial charge in [0.05, 0.1) is 0 Å². The van der Waals surface area contributed by atoms with Crippen LogP contribution in [0.3, 0.4) is 0 Å². The standard InChI is InChI=1S/C9H17N5S2/c1-6(15-2)5-11-7-4-8(14-10)13-9(12-7)16-3/h4,6H,5,10H2,1-3H3,(H2,11,12,13,14). The molecule has 1 aromatic heterocycles. The highest BCUT2D eigenvalue weighted by Crippen LogP contribution is 2.17. The lowest BCUT2D eigenvalue weighted by Gasteiger charge is -2.11. The van der Waals surface area contributed by atoms with Crippen molar-refractivity contribution in [1.29, 1.82) is 0 Å². The van der Waals surface area contributed by atoms with Crippen LogP contribution in [0.4, 0.5) is 11.6 Å². The summed E-state index contributed by atoms with van der Waals surface area (Å²) in [7, 11) is 0. The highest BCUT2D eigenvalue weighted by atomic mass is 32.2. The SMILES string of the molecule is CSc1nc(NN)cc(NCC(C)SC)n1. The van der Waals surface area contributed by atoms with Crippen LogP contribution >= 0.6 is 23.5 Å². The molecule has 0 saturated carbocycles. The van der Waals surface area contributed by atoms with Crippen LogP contribution in [-0.2, 0) is 0 Å². The van der Waals surface area contributed by atoms with Gasteiger partial charge in [0.25, 0.3) is 0 Å². The summed E-state index contributed by atoms with van der Waals surface area (Å²) in [5.41, 5.74) is 2.53. The normalized spacial score (nSPS) is 12.2. The van der Waals surface area contributed by atoms with E-state index in [2.05, 4.69) is 33.9 Å². The van der Waals surface area contributed by atoms with Crippen molar-refractivity contribution >= 4 is 35.2 Å². The summed E-state index contributed by atoms with van der Waals surface area (Å²) >= 11 is 3.30. The van der Waals surface area contributed by atoms with Crippen molar-refractivity contribution in [2.75, 3.05) is 29.8 Å². The van der Waals surface area contributed by atoms with E-state index >= 15 is 0 Å². The second-order valence-corrected chi connectivity index (χ2v) is 5.25. The molecule has 0 radical (unpaired) electrons. The van der Waals surface area contributed by atoms with Crippen LogP contribution in [0.25, 0.3) is 0 Å². The number of nitrogens with two attached hydrogens (primary N) is 1. The second kappa shape index (κ2) is 6.82. The Morgan fingerprint density at radius 3 is 2.62 bits per heavy atom. The Hall–Kier alpha value is -0.660. The summed E-state index contributed by atoms with van der Waals surface area (Å²) in [4.78, 5) is 8.53. The number of rotatable bonds is 6. The molecule has 0 aliphatic carbocycles. The number of nitrogens with one attached hydrogen (secondary N) is 2. The number of hydrazine groups is 1. The first-order valence-corrected chi connectivity index (χ1v) is 7.37. The first kappa shape index (κ1) is 13.4. The van der Waals surface area contributed by atoms with Crippen LogP contribution in [0.5, 0.6) is 0 Å². The molecule has 0 spiro atoms.